The number of benzene rings is 4. The molecule has 5 aromatic rings. The van der Waals surface area contributed by atoms with Gasteiger partial charge in [0.25, 0.3) is 0 Å². The third kappa shape index (κ3) is 6.31. The van der Waals surface area contributed by atoms with Crippen LogP contribution in [-0.2, 0) is 16.0 Å². The van der Waals surface area contributed by atoms with Gasteiger partial charge in [0.1, 0.15) is 18.5 Å². The van der Waals surface area contributed by atoms with Crippen molar-refractivity contribution < 1.29 is 19.1 Å². The first-order valence-electron chi connectivity index (χ1n) is 16.4. The van der Waals surface area contributed by atoms with Crippen molar-refractivity contribution in [1.82, 2.24) is 20.2 Å². The number of carbonyl (C=O) groups is 3. The summed E-state index contributed by atoms with van der Waals surface area (Å²) in [4.78, 5) is 49.6. The topological polar surface area (TPSA) is 130 Å². The fraction of sp³-hybridized carbons (Fsp3) is 0.231. The molecule has 1 aliphatic carbocycles. The molecule has 1 saturated heterocycles. The fourth-order valence-corrected chi connectivity index (χ4v) is 6.97. The van der Waals surface area contributed by atoms with E-state index in [1.807, 2.05) is 65.7 Å². The van der Waals surface area contributed by atoms with E-state index >= 15 is 0 Å². The lowest BCUT2D eigenvalue weighted by Crippen LogP contribution is -2.52. The number of piperidine rings is 1. The van der Waals surface area contributed by atoms with Crippen molar-refractivity contribution in [2.75, 3.05) is 13.2 Å². The summed E-state index contributed by atoms with van der Waals surface area (Å²) in [6.07, 6.45) is 3.96. The van der Waals surface area contributed by atoms with Crippen molar-refractivity contribution in [3.8, 4) is 22.4 Å². The molecule has 1 aliphatic heterocycles. The zero-order valence-corrected chi connectivity index (χ0v) is 26.5. The molecule has 48 heavy (non-hydrogen) atoms. The van der Waals surface area contributed by atoms with Gasteiger partial charge in [0.2, 0.25) is 11.8 Å². The Morgan fingerprint density at radius 3 is 2.23 bits per heavy atom. The largest absolute Gasteiger partial charge is 0.449 e. The number of carbonyl (C=O) groups excluding carboxylic acids is 3. The summed E-state index contributed by atoms with van der Waals surface area (Å²) in [5.74, 6) is -0.143. The van der Waals surface area contributed by atoms with E-state index in [9.17, 15) is 14.4 Å². The third-order valence-corrected chi connectivity index (χ3v) is 9.38. The van der Waals surface area contributed by atoms with Crippen LogP contribution in [0.4, 0.5) is 4.79 Å². The highest BCUT2D eigenvalue weighted by molar-refractivity contribution is 5.92. The van der Waals surface area contributed by atoms with E-state index in [1.165, 1.54) is 0 Å². The minimum atomic E-state index is -0.913. The van der Waals surface area contributed by atoms with Crippen LogP contribution < -0.4 is 11.1 Å². The molecule has 9 heteroatoms. The number of nitrogens with zero attached hydrogens (tertiary/aromatic N) is 2. The van der Waals surface area contributed by atoms with Gasteiger partial charge in [0, 0.05) is 36.2 Å². The molecule has 7 rings (SSSR count). The number of alkyl carbamates (subject to hydrolysis) is 1. The van der Waals surface area contributed by atoms with E-state index in [4.69, 9.17) is 15.5 Å². The Bertz CT molecular complexity index is 1890. The molecule has 0 spiro atoms. The van der Waals surface area contributed by atoms with Crippen LogP contribution in [-0.4, -0.2) is 52.0 Å². The molecule has 2 unspecified atom stereocenters. The van der Waals surface area contributed by atoms with Crippen LogP contribution in [0.5, 0.6) is 0 Å². The van der Waals surface area contributed by atoms with Crippen molar-refractivity contribution in [1.29, 1.82) is 0 Å². The van der Waals surface area contributed by atoms with Crippen LogP contribution in [0.1, 0.15) is 64.1 Å². The third-order valence-electron chi connectivity index (χ3n) is 9.38. The number of likely N-dealkylation sites (tertiary alicyclic amines) is 1. The number of hydrogen-bond donors (Lipinski definition) is 3. The van der Waals surface area contributed by atoms with Crippen molar-refractivity contribution in [2.45, 2.75) is 43.7 Å². The lowest BCUT2D eigenvalue weighted by molar-refractivity contribution is -0.137. The van der Waals surface area contributed by atoms with Crippen LogP contribution in [0.2, 0.25) is 0 Å². The first kappa shape index (κ1) is 30.9. The number of hydrogen-bond acceptors (Lipinski definition) is 5. The maximum absolute atomic E-state index is 14.4. The summed E-state index contributed by atoms with van der Waals surface area (Å²) in [5, 5.41) is 2.90. The van der Waals surface area contributed by atoms with Crippen molar-refractivity contribution in [2.24, 2.45) is 5.73 Å². The minimum absolute atomic E-state index is 0.108. The number of nitrogens with one attached hydrogen (secondary N) is 2. The average molecular weight is 640 g/mol. The summed E-state index contributed by atoms with van der Waals surface area (Å²) in [7, 11) is 0. The van der Waals surface area contributed by atoms with Gasteiger partial charge in [-0.1, -0.05) is 91.0 Å². The van der Waals surface area contributed by atoms with E-state index in [-0.39, 0.29) is 30.9 Å². The highest BCUT2D eigenvalue weighted by Gasteiger charge is 2.36. The van der Waals surface area contributed by atoms with Gasteiger partial charge in [-0.3, -0.25) is 9.59 Å². The van der Waals surface area contributed by atoms with Gasteiger partial charge >= 0.3 is 6.09 Å². The quantitative estimate of drug-likeness (QED) is 0.172. The molecule has 3 amide bonds. The molecular formula is C39H37N5O4. The van der Waals surface area contributed by atoms with Crippen LogP contribution in [0.25, 0.3) is 22.4 Å². The van der Waals surface area contributed by atoms with E-state index in [0.29, 0.717) is 17.9 Å². The maximum Gasteiger partial charge on any atom is 0.407 e. The van der Waals surface area contributed by atoms with Gasteiger partial charge < -0.3 is 25.7 Å². The molecular weight excluding hydrogens is 602 g/mol. The van der Waals surface area contributed by atoms with Crippen LogP contribution >= 0.6 is 0 Å². The number of ether oxygens (including phenoxy) is 1. The first-order chi connectivity index (χ1) is 23.5. The highest BCUT2D eigenvalue weighted by atomic mass is 16.5. The Morgan fingerprint density at radius 1 is 0.875 bits per heavy atom. The highest BCUT2D eigenvalue weighted by Crippen LogP contribution is 2.44. The Labute approximate surface area is 279 Å². The molecule has 9 nitrogen and oxygen atoms in total. The summed E-state index contributed by atoms with van der Waals surface area (Å²) in [6.45, 7) is 0.670. The molecule has 2 aliphatic rings. The SMILES string of the molecule is NC(=O)c1ccc(CC(NC(=O)OCC2c3ccccc3-c3ccccc32)C(=O)N2CCCCC2c2nc(-c3ccccc3)c[nH]2)cc1. The number of fused-ring (bicyclic) bond motifs is 3. The second-order valence-electron chi connectivity index (χ2n) is 12.4. The lowest BCUT2D eigenvalue weighted by Gasteiger charge is -2.37. The number of rotatable bonds is 9. The standard InChI is InChI=1S/C39H37N5O4/c40-36(45)27-19-17-25(18-20-27)22-33(43-39(47)48-24-32-30-14-6-4-12-28(30)29-13-5-7-15-31(29)32)38(46)44-21-9-8-16-35(44)37-41-23-34(42-37)26-10-2-1-3-11-26/h1-7,10-15,17-20,23,32-33,35H,8-9,16,21-22,24H2,(H2,40,45)(H,41,42)(H,43,47). The molecule has 2 heterocycles. The number of nitrogens with two attached hydrogens (primary N) is 1. The second kappa shape index (κ2) is 13.6. The number of primary amides is 1. The maximum atomic E-state index is 14.4. The fourth-order valence-electron chi connectivity index (χ4n) is 6.97. The Balaban J connectivity index is 1.11. The van der Waals surface area contributed by atoms with Crippen molar-refractivity contribution in [3.05, 3.63) is 137 Å². The number of aromatic amines is 1. The summed E-state index contributed by atoms with van der Waals surface area (Å²) in [6, 6.07) is 31.8. The summed E-state index contributed by atoms with van der Waals surface area (Å²) < 4.78 is 5.86. The Hall–Kier alpha value is -5.70. The van der Waals surface area contributed by atoms with Crippen molar-refractivity contribution in [3.63, 3.8) is 0 Å². The molecule has 1 fully saturated rings. The van der Waals surface area contributed by atoms with Gasteiger partial charge in [-0.15, -0.1) is 0 Å². The Morgan fingerprint density at radius 2 is 1.54 bits per heavy atom. The molecule has 242 valence electrons. The number of aromatic nitrogens is 2. The van der Waals surface area contributed by atoms with Gasteiger partial charge in [-0.2, -0.15) is 0 Å². The van der Waals surface area contributed by atoms with E-state index in [1.54, 1.807) is 24.3 Å². The molecule has 0 bridgehead atoms. The lowest BCUT2D eigenvalue weighted by atomic mass is 9.97. The van der Waals surface area contributed by atoms with E-state index < -0.39 is 18.0 Å². The number of amides is 3. The molecule has 0 saturated carbocycles. The second-order valence-corrected chi connectivity index (χ2v) is 12.4. The van der Waals surface area contributed by atoms with Crippen LogP contribution in [0.3, 0.4) is 0 Å². The van der Waals surface area contributed by atoms with Crippen LogP contribution in [0.15, 0.2) is 109 Å². The molecule has 0 radical (unpaired) electrons. The van der Waals surface area contributed by atoms with Gasteiger partial charge in [-0.05, 0) is 59.2 Å². The minimum Gasteiger partial charge on any atom is -0.449 e. The molecule has 4 N–H and O–H groups in total. The van der Waals surface area contributed by atoms with Gasteiger partial charge in [-0.25, -0.2) is 9.78 Å². The predicted molar refractivity (Wildman–Crippen MR) is 183 cm³/mol. The van der Waals surface area contributed by atoms with Gasteiger partial charge in [0.05, 0.1) is 11.7 Å². The molecule has 1 aromatic heterocycles. The molecule has 4 aromatic carbocycles. The average Bonchev–Trinajstić information content (AvgIpc) is 3.74. The van der Waals surface area contributed by atoms with E-state index in [2.05, 4.69) is 34.6 Å². The molecule has 2 atom stereocenters. The van der Waals surface area contributed by atoms with Crippen LogP contribution in [0, 0.1) is 0 Å². The monoisotopic (exact) mass is 639 g/mol. The van der Waals surface area contributed by atoms with Gasteiger partial charge in [0.15, 0.2) is 0 Å². The zero-order chi connectivity index (χ0) is 33.0. The predicted octanol–water partition coefficient (Wildman–Crippen LogP) is 6.38. The number of imidazole rings is 1. The first-order valence-corrected chi connectivity index (χ1v) is 16.4. The summed E-state index contributed by atoms with van der Waals surface area (Å²) in [5.41, 5.74) is 12.9. The van der Waals surface area contributed by atoms with Crippen molar-refractivity contribution >= 4 is 17.9 Å². The summed E-state index contributed by atoms with van der Waals surface area (Å²) >= 11 is 0. The smallest absolute Gasteiger partial charge is 0.407 e. The van der Waals surface area contributed by atoms with E-state index in [0.717, 1.165) is 58.3 Å². The normalized spacial score (nSPS) is 16.1. The Kier molecular flexibility index (Phi) is 8.74. The zero-order valence-electron chi connectivity index (χ0n) is 26.5. The number of H-pyrrole nitrogens is 1.